The first-order valence-electron chi connectivity index (χ1n) is 6.42. The molecule has 0 spiro atoms. The van der Waals surface area contributed by atoms with Crippen LogP contribution in [0.1, 0.15) is 39.5 Å². The molecule has 1 fully saturated rings. The third kappa shape index (κ3) is 4.73. The van der Waals surface area contributed by atoms with Gasteiger partial charge in [0.15, 0.2) is 0 Å². The third-order valence-electron chi connectivity index (χ3n) is 2.71. The lowest BCUT2D eigenvalue weighted by Crippen LogP contribution is -2.08. The molecule has 0 amide bonds. The van der Waals surface area contributed by atoms with Gasteiger partial charge in [0, 0.05) is 12.2 Å². The van der Waals surface area contributed by atoms with Gasteiger partial charge < -0.3 is 9.47 Å². The highest BCUT2D eigenvalue weighted by Crippen LogP contribution is 2.28. The molecule has 1 aliphatic rings. The first kappa shape index (κ1) is 14.5. The maximum absolute atomic E-state index is 11.4. The van der Waals surface area contributed by atoms with Gasteiger partial charge in [-0.05, 0) is 50.7 Å². The van der Waals surface area contributed by atoms with Crippen molar-refractivity contribution < 1.29 is 19.1 Å². The Bertz CT molecular complexity index is 330. The number of ether oxygens (including phenoxy) is 2. The Morgan fingerprint density at radius 1 is 0.944 bits per heavy atom. The number of hydrogen-bond donors (Lipinski definition) is 0. The van der Waals surface area contributed by atoms with Gasteiger partial charge in [-0.15, -0.1) is 0 Å². The van der Waals surface area contributed by atoms with Crippen LogP contribution in [0.15, 0.2) is 23.3 Å². The molecule has 4 nitrogen and oxygen atoms in total. The van der Waals surface area contributed by atoms with Crippen molar-refractivity contribution in [3.63, 3.8) is 0 Å². The van der Waals surface area contributed by atoms with Crippen LogP contribution in [0, 0.1) is 0 Å². The van der Waals surface area contributed by atoms with E-state index in [9.17, 15) is 9.59 Å². The molecule has 0 bridgehead atoms. The van der Waals surface area contributed by atoms with Crippen molar-refractivity contribution in [2.24, 2.45) is 0 Å². The Hall–Kier alpha value is -1.58. The monoisotopic (exact) mass is 252 g/mol. The summed E-state index contributed by atoms with van der Waals surface area (Å²) in [7, 11) is 0. The first-order chi connectivity index (χ1) is 8.67. The fraction of sp³-hybridized carbons (Fsp3) is 0.571. The van der Waals surface area contributed by atoms with Crippen LogP contribution >= 0.6 is 0 Å². The van der Waals surface area contributed by atoms with Crippen LogP contribution in [0.3, 0.4) is 0 Å². The molecular weight excluding hydrogens is 232 g/mol. The lowest BCUT2D eigenvalue weighted by atomic mass is 9.89. The van der Waals surface area contributed by atoms with Crippen LogP contribution in [-0.4, -0.2) is 25.2 Å². The summed E-state index contributed by atoms with van der Waals surface area (Å²) in [5, 5.41) is 0. The summed E-state index contributed by atoms with van der Waals surface area (Å²) in [4.78, 5) is 22.9. The van der Waals surface area contributed by atoms with Crippen molar-refractivity contribution in [1.29, 1.82) is 0 Å². The van der Waals surface area contributed by atoms with Gasteiger partial charge in [0.25, 0.3) is 0 Å². The Morgan fingerprint density at radius 2 is 1.33 bits per heavy atom. The van der Waals surface area contributed by atoms with Gasteiger partial charge in [-0.1, -0.05) is 0 Å². The van der Waals surface area contributed by atoms with Crippen LogP contribution in [0.5, 0.6) is 0 Å². The molecule has 0 heterocycles. The predicted molar refractivity (Wildman–Crippen MR) is 67.9 cm³/mol. The molecule has 100 valence electrons. The molecule has 0 radical (unpaired) electrons. The van der Waals surface area contributed by atoms with Crippen molar-refractivity contribution in [2.45, 2.75) is 39.5 Å². The highest BCUT2D eigenvalue weighted by molar-refractivity contribution is 5.87. The van der Waals surface area contributed by atoms with E-state index >= 15 is 0 Å². The first-order valence-corrected chi connectivity index (χ1v) is 6.42. The summed E-state index contributed by atoms with van der Waals surface area (Å²) in [5.74, 6) is -0.687. The summed E-state index contributed by atoms with van der Waals surface area (Å²) in [6.07, 6.45) is 6.67. The van der Waals surface area contributed by atoms with E-state index in [4.69, 9.17) is 9.47 Å². The topological polar surface area (TPSA) is 52.6 Å². The second kappa shape index (κ2) is 7.69. The van der Waals surface area contributed by atoms with Crippen molar-refractivity contribution >= 4 is 11.9 Å². The van der Waals surface area contributed by atoms with Crippen molar-refractivity contribution in [2.75, 3.05) is 13.2 Å². The van der Waals surface area contributed by atoms with E-state index in [1.165, 1.54) is 12.2 Å². The molecule has 1 aliphatic carbocycles. The van der Waals surface area contributed by atoms with E-state index in [-0.39, 0.29) is 11.9 Å². The maximum atomic E-state index is 11.4. The molecule has 0 saturated heterocycles. The van der Waals surface area contributed by atoms with Crippen molar-refractivity contribution in [3.8, 4) is 0 Å². The molecule has 1 rings (SSSR count). The third-order valence-corrected chi connectivity index (χ3v) is 2.71. The zero-order valence-electron chi connectivity index (χ0n) is 11.0. The Labute approximate surface area is 108 Å². The Balaban J connectivity index is 2.79. The molecule has 0 aromatic carbocycles. The molecule has 18 heavy (non-hydrogen) atoms. The van der Waals surface area contributed by atoms with Gasteiger partial charge in [0.2, 0.25) is 0 Å². The predicted octanol–water partition coefficient (Wildman–Crippen LogP) is 2.54. The average Bonchev–Trinajstić information content (AvgIpc) is 2.32. The number of carbonyl (C=O) groups excluding carboxylic acids is 2. The standard InChI is InChI=1S/C14H20O4/c1-3-17-13(15)9-11-7-5-6-8-12(11)10-14(16)18-4-2/h9-10H,3-8H2,1-2H3/b11-9+,12-10+. The minimum Gasteiger partial charge on any atom is -0.463 e. The normalized spacial score (nSPS) is 19.9. The van der Waals surface area contributed by atoms with Gasteiger partial charge in [-0.25, -0.2) is 9.59 Å². The molecule has 0 N–H and O–H groups in total. The zero-order chi connectivity index (χ0) is 13.4. The van der Waals surface area contributed by atoms with Gasteiger partial charge in [0.1, 0.15) is 0 Å². The molecule has 0 aliphatic heterocycles. The number of rotatable bonds is 4. The van der Waals surface area contributed by atoms with E-state index in [1.807, 2.05) is 0 Å². The second-order valence-electron chi connectivity index (χ2n) is 4.05. The van der Waals surface area contributed by atoms with Gasteiger partial charge >= 0.3 is 11.9 Å². The van der Waals surface area contributed by atoms with Crippen LogP contribution in [0.2, 0.25) is 0 Å². The Morgan fingerprint density at radius 3 is 1.67 bits per heavy atom. The van der Waals surface area contributed by atoms with Crippen LogP contribution in [-0.2, 0) is 19.1 Å². The van der Waals surface area contributed by atoms with Gasteiger partial charge in [0.05, 0.1) is 13.2 Å². The van der Waals surface area contributed by atoms with E-state index < -0.39 is 0 Å². The lowest BCUT2D eigenvalue weighted by Gasteiger charge is -2.17. The molecule has 1 saturated carbocycles. The number of esters is 2. The highest BCUT2D eigenvalue weighted by Gasteiger charge is 2.15. The molecule has 0 aromatic rings. The summed E-state index contributed by atoms with van der Waals surface area (Å²) in [6.45, 7) is 4.26. The van der Waals surface area contributed by atoms with Crippen LogP contribution < -0.4 is 0 Å². The summed E-state index contributed by atoms with van der Waals surface area (Å²) in [6, 6.07) is 0. The highest BCUT2D eigenvalue weighted by atomic mass is 16.5. The summed E-state index contributed by atoms with van der Waals surface area (Å²) >= 11 is 0. The SMILES string of the molecule is CCOC(=O)/C=C1\CCCC\C1=C/C(=O)OCC. The number of carbonyl (C=O) groups is 2. The largest absolute Gasteiger partial charge is 0.463 e. The minimum atomic E-state index is -0.343. The quantitative estimate of drug-likeness (QED) is 0.570. The fourth-order valence-electron chi connectivity index (χ4n) is 1.93. The Kier molecular flexibility index (Phi) is 6.19. The smallest absolute Gasteiger partial charge is 0.331 e. The molecular formula is C14H20O4. The molecule has 4 heteroatoms. The molecule has 0 unspecified atom stereocenters. The number of hydrogen-bond acceptors (Lipinski definition) is 4. The maximum Gasteiger partial charge on any atom is 0.331 e. The fourth-order valence-corrected chi connectivity index (χ4v) is 1.93. The zero-order valence-corrected chi connectivity index (χ0v) is 11.0. The summed E-state index contributed by atoms with van der Waals surface area (Å²) < 4.78 is 9.77. The van der Waals surface area contributed by atoms with Crippen LogP contribution in [0.4, 0.5) is 0 Å². The van der Waals surface area contributed by atoms with Crippen LogP contribution in [0.25, 0.3) is 0 Å². The average molecular weight is 252 g/mol. The van der Waals surface area contributed by atoms with E-state index in [0.717, 1.165) is 36.8 Å². The van der Waals surface area contributed by atoms with Gasteiger partial charge in [-0.2, -0.15) is 0 Å². The van der Waals surface area contributed by atoms with Crippen molar-refractivity contribution in [3.05, 3.63) is 23.3 Å². The molecule has 0 aromatic heterocycles. The van der Waals surface area contributed by atoms with E-state index in [0.29, 0.717) is 13.2 Å². The van der Waals surface area contributed by atoms with Crippen molar-refractivity contribution in [1.82, 2.24) is 0 Å². The second-order valence-corrected chi connectivity index (χ2v) is 4.05. The number of allylic oxidation sites excluding steroid dienone is 2. The van der Waals surface area contributed by atoms with E-state index in [1.54, 1.807) is 13.8 Å². The summed E-state index contributed by atoms with van der Waals surface area (Å²) in [5.41, 5.74) is 1.79. The molecule has 0 atom stereocenters. The van der Waals surface area contributed by atoms with Gasteiger partial charge in [-0.3, -0.25) is 0 Å². The lowest BCUT2D eigenvalue weighted by molar-refractivity contribution is -0.138. The van der Waals surface area contributed by atoms with E-state index in [2.05, 4.69) is 0 Å². The minimum absolute atomic E-state index is 0.343.